The zero-order chi connectivity index (χ0) is 6.69. The van der Waals surface area contributed by atoms with E-state index in [4.69, 9.17) is 4.42 Å². The van der Waals surface area contributed by atoms with E-state index in [0.717, 1.165) is 18.1 Å². The molecule has 0 aliphatic carbocycles. The second-order valence-corrected chi connectivity index (χ2v) is 1.89. The maximum Gasteiger partial charge on any atom is 0.191 e. The first kappa shape index (κ1) is 6.29. The van der Waals surface area contributed by atoms with Crippen LogP contribution in [0.25, 0.3) is 0 Å². The SMILES string of the molecule is CNCc1coc(C)n1. The van der Waals surface area contributed by atoms with Crippen LogP contribution in [0.3, 0.4) is 0 Å². The molecule has 0 saturated heterocycles. The standard InChI is InChI=1S/C6H10N2O/c1-5-8-6(3-7-2)4-9-5/h4,7H,3H2,1-2H3. The number of oxazole rings is 1. The highest BCUT2D eigenvalue weighted by Gasteiger charge is 1.94. The summed E-state index contributed by atoms with van der Waals surface area (Å²) in [5.41, 5.74) is 0.954. The number of nitrogens with zero attached hydrogens (tertiary/aromatic N) is 1. The lowest BCUT2D eigenvalue weighted by atomic mass is 10.5. The minimum Gasteiger partial charge on any atom is -0.449 e. The van der Waals surface area contributed by atoms with Crippen molar-refractivity contribution in [2.45, 2.75) is 13.5 Å². The number of hydrogen-bond donors (Lipinski definition) is 1. The van der Waals surface area contributed by atoms with Gasteiger partial charge in [0.15, 0.2) is 5.89 Å². The molecule has 50 valence electrons. The van der Waals surface area contributed by atoms with Crippen LogP contribution in [0.5, 0.6) is 0 Å². The Bertz CT molecular complexity index is 183. The van der Waals surface area contributed by atoms with Crippen LogP contribution in [0.15, 0.2) is 10.7 Å². The lowest BCUT2D eigenvalue weighted by Gasteiger charge is -1.87. The summed E-state index contributed by atoms with van der Waals surface area (Å²) in [5.74, 6) is 0.722. The summed E-state index contributed by atoms with van der Waals surface area (Å²) < 4.78 is 4.97. The van der Waals surface area contributed by atoms with E-state index in [0.29, 0.717) is 0 Å². The van der Waals surface area contributed by atoms with Crippen molar-refractivity contribution < 1.29 is 4.42 Å². The molecule has 0 bridgehead atoms. The molecule has 0 aromatic carbocycles. The number of aryl methyl sites for hydroxylation is 1. The second-order valence-electron chi connectivity index (χ2n) is 1.89. The summed E-state index contributed by atoms with van der Waals surface area (Å²) in [5, 5.41) is 2.97. The fourth-order valence-corrected chi connectivity index (χ4v) is 0.671. The van der Waals surface area contributed by atoms with Gasteiger partial charge in [0.1, 0.15) is 6.26 Å². The van der Waals surface area contributed by atoms with Crippen molar-refractivity contribution in [3.63, 3.8) is 0 Å². The molecule has 0 aliphatic heterocycles. The average molecular weight is 126 g/mol. The van der Waals surface area contributed by atoms with E-state index in [-0.39, 0.29) is 0 Å². The topological polar surface area (TPSA) is 38.1 Å². The molecule has 1 N–H and O–H groups in total. The minimum absolute atomic E-state index is 0.722. The second kappa shape index (κ2) is 2.64. The van der Waals surface area contributed by atoms with Crippen molar-refractivity contribution in [1.82, 2.24) is 10.3 Å². The van der Waals surface area contributed by atoms with Crippen molar-refractivity contribution in [2.24, 2.45) is 0 Å². The maximum atomic E-state index is 4.97. The predicted octanol–water partition coefficient (Wildman–Crippen LogP) is 0.702. The van der Waals surface area contributed by atoms with Crippen molar-refractivity contribution in [3.8, 4) is 0 Å². The molecule has 0 saturated carbocycles. The Morgan fingerprint density at radius 2 is 2.56 bits per heavy atom. The van der Waals surface area contributed by atoms with Gasteiger partial charge in [-0.05, 0) is 7.05 Å². The van der Waals surface area contributed by atoms with Gasteiger partial charge in [-0.2, -0.15) is 0 Å². The highest BCUT2D eigenvalue weighted by Crippen LogP contribution is 1.98. The molecule has 0 spiro atoms. The lowest BCUT2D eigenvalue weighted by Crippen LogP contribution is -2.04. The summed E-state index contributed by atoms with van der Waals surface area (Å²) in [6.45, 7) is 2.61. The van der Waals surface area contributed by atoms with Crippen molar-refractivity contribution in [3.05, 3.63) is 17.8 Å². The van der Waals surface area contributed by atoms with E-state index in [9.17, 15) is 0 Å². The average Bonchev–Trinajstić information content (AvgIpc) is 2.17. The Morgan fingerprint density at radius 1 is 1.78 bits per heavy atom. The fraction of sp³-hybridized carbons (Fsp3) is 0.500. The van der Waals surface area contributed by atoms with E-state index < -0.39 is 0 Å². The Labute approximate surface area is 54.1 Å². The molecule has 1 aromatic rings. The lowest BCUT2D eigenvalue weighted by molar-refractivity contribution is 0.520. The van der Waals surface area contributed by atoms with Crippen LogP contribution < -0.4 is 5.32 Å². The van der Waals surface area contributed by atoms with Gasteiger partial charge in [0.05, 0.1) is 5.69 Å². The first-order valence-electron chi connectivity index (χ1n) is 2.88. The molecule has 0 unspecified atom stereocenters. The summed E-state index contributed by atoms with van der Waals surface area (Å²) in [4.78, 5) is 4.07. The van der Waals surface area contributed by atoms with Gasteiger partial charge in [-0.25, -0.2) is 4.98 Å². The van der Waals surface area contributed by atoms with Crippen LogP contribution >= 0.6 is 0 Å². The fourth-order valence-electron chi connectivity index (χ4n) is 0.671. The van der Waals surface area contributed by atoms with Gasteiger partial charge in [0.2, 0.25) is 0 Å². The Balaban J connectivity index is 2.61. The molecular formula is C6H10N2O. The number of aromatic nitrogens is 1. The minimum atomic E-state index is 0.722. The van der Waals surface area contributed by atoms with Gasteiger partial charge in [0.25, 0.3) is 0 Å². The Kier molecular flexibility index (Phi) is 1.85. The smallest absolute Gasteiger partial charge is 0.191 e. The molecule has 3 heteroatoms. The molecule has 0 fully saturated rings. The molecule has 9 heavy (non-hydrogen) atoms. The highest BCUT2D eigenvalue weighted by atomic mass is 16.3. The molecule has 1 heterocycles. The van der Waals surface area contributed by atoms with E-state index >= 15 is 0 Å². The number of nitrogens with one attached hydrogen (secondary N) is 1. The normalized spacial score (nSPS) is 10.0. The maximum absolute atomic E-state index is 4.97. The largest absolute Gasteiger partial charge is 0.449 e. The molecular weight excluding hydrogens is 116 g/mol. The number of rotatable bonds is 2. The van der Waals surface area contributed by atoms with Crippen LogP contribution in [0.2, 0.25) is 0 Å². The third-order valence-corrected chi connectivity index (χ3v) is 1.02. The highest BCUT2D eigenvalue weighted by molar-refractivity contribution is 4.93. The van der Waals surface area contributed by atoms with E-state index in [1.807, 2.05) is 14.0 Å². The third-order valence-electron chi connectivity index (χ3n) is 1.02. The van der Waals surface area contributed by atoms with Gasteiger partial charge < -0.3 is 9.73 Å². The van der Waals surface area contributed by atoms with Gasteiger partial charge in [-0.3, -0.25) is 0 Å². The van der Waals surface area contributed by atoms with Gasteiger partial charge >= 0.3 is 0 Å². The Hall–Kier alpha value is -0.830. The number of hydrogen-bond acceptors (Lipinski definition) is 3. The summed E-state index contributed by atoms with van der Waals surface area (Å²) in [6.07, 6.45) is 1.66. The van der Waals surface area contributed by atoms with Crippen LogP contribution in [0.1, 0.15) is 11.6 Å². The van der Waals surface area contributed by atoms with E-state index in [1.54, 1.807) is 6.26 Å². The molecule has 1 aromatic heterocycles. The van der Waals surface area contributed by atoms with Crippen molar-refractivity contribution >= 4 is 0 Å². The molecule has 0 amide bonds. The zero-order valence-electron chi connectivity index (χ0n) is 5.64. The molecule has 1 rings (SSSR count). The molecule has 3 nitrogen and oxygen atoms in total. The van der Waals surface area contributed by atoms with Crippen LogP contribution in [-0.4, -0.2) is 12.0 Å². The van der Waals surface area contributed by atoms with Crippen LogP contribution in [0.4, 0.5) is 0 Å². The third kappa shape index (κ3) is 1.54. The summed E-state index contributed by atoms with van der Waals surface area (Å²) in [6, 6.07) is 0. The van der Waals surface area contributed by atoms with Crippen molar-refractivity contribution in [1.29, 1.82) is 0 Å². The van der Waals surface area contributed by atoms with Crippen LogP contribution in [-0.2, 0) is 6.54 Å². The quantitative estimate of drug-likeness (QED) is 0.634. The van der Waals surface area contributed by atoms with E-state index in [1.165, 1.54) is 0 Å². The van der Waals surface area contributed by atoms with Crippen molar-refractivity contribution in [2.75, 3.05) is 7.05 Å². The Morgan fingerprint density at radius 3 is 3.00 bits per heavy atom. The first-order valence-corrected chi connectivity index (χ1v) is 2.88. The van der Waals surface area contributed by atoms with E-state index in [2.05, 4.69) is 10.3 Å². The first-order chi connectivity index (χ1) is 4.33. The summed E-state index contributed by atoms with van der Waals surface area (Å²) >= 11 is 0. The van der Waals surface area contributed by atoms with Gasteiger partial charge in [-0.1, -0.05) is 0 Å². The molecule has 0 radical (unpaired) electrons. The van der Waals surface area contributed by atoms with Gasteiger partial charge in [0, 0.05) is 13.5 Å². The zero-order valence-corrected chi connectivity index (χ0v) is 5.64. The van der Waals surface area contributed by atoms with Crippen LogP contribution in [0, 0.1) is 6.92 Å². The van der Waals surface area contributed by atoms with Gasteiger partial charge in [-0.15, -0.1) is 0 Å². The predicted molar refractivity (Wildman–Crippen MR) is 34.0 cm³/mol. The monoisotopic (exact) mass is 126 g/mol. The molecule has 0 aliphatic rings. The molecule has 0 atom stereocenters. The summed E-state index contributed by atoms with van der Waals surface area (Å²) in [7, 11) is 1.88.